The summed E-state index contributed by atoms with van der Waals surface area (Å²) in [6.45, 7) is 0. The molecule has 0 amide bonds. The standard InChI is InChI=1S/C12H17N3O3S/c1-13-12(19)15-14-7-8-5-10(17-3)11(18-4)6-9(8)16-2/h5-7H,1-4H3,(H2,13,15,19)/b14-7+. The van der Waals surface area contributed by atoms with Gasteiger partial charge in [0, 0.05) is 18.7 Å². The summed E-state index contributed by atoms with van der Waals surface area (Å²) >= 11 is 4.91. The lowest BCUT2D eigenvalue weighted by Gasteiger charge is -2.11. The van der Waals surface area contributed by atoms with Gasteiger partial charge in [-0.2, -0.15) is 5.10 Å². The zero-order chi connectivity index (χ0) is 14.3. The van der Waals surface area contributed by atoms with Crippen LogP contribution in [0.5, 0.6) is 17.2 Å². The summed E-state index contributed by atoms with van der Waals surface area (Å²) in [7, 11) is 6.42. The largest absolute Gasteiger partial charge is 0.496 e. The summed E-state index contributed by atoms with van der Waals surface area (Å²) in [5.41, 5.74) is 3.40. The number of nitrogens with zero attached hydrogens (tertiary/aromatic N) is 1. The molecule has 0 spiro atoms. The second-order valence-corrected chi connectivity index (χ2v) is 3.81. The molecule has 0 aromatic heterocycles. The van der Waals surface area contributed by atoms with E-state index in [-0.39, 0.29) is 0 Å². The van der Waals surface area contributed by atoms with Crippen molar-refractivity contribution in [3.63, 3.8) is 0 Å². The predicted molar refractivity (Wildman–Crippen MR) is 78.5 cm³/mol. The van der Waals surface area contributed by atoms with Crippen LogP contribution >= 0.6 is 12.2 Å². The Balaban J connectivity index is 3.01. The van der Waals surface area contributed by atoms with Crippen molar-refractivity contribution in [3.05, 3.63) is 17.7 Å². The van der Waals surface area contributed by atoms with Crippen molar-refractivity contribution in [1.82, 2.24) is 10.7 Å². The maximum absolute atomic E-state index is 5.27. The molecule has 104 valence electrons. The quantitative estimate of drug-likeness (QED) is 0.480. The molecule has 0 heterocycles. The molecule has 0 saturated carbocycles. The van der Waals surface area contributed by atoms with Gasteiger partial charge in [0.2, 0.25) is 0 Å². The SMILES string of the molecule is CNC(=S)N/N=C/c1cc(OC)c(OC)cc1OC. The first-order valence-electron chi connectivity index (χ1n) is 5.47. The number of nitrogens with one attached hydrogen (secondary N) is 2. The summed E-state index contributed by atoms with van der Waals surface area (Å²) in [5.74, 6) is 1.81. The molecular weight excluding hydrogens is 266 g/mol. The number of ether oxygens (including phenoxy) is 3. The molecule has 19 heavy (non-hydrogen) atoms. The normalized spacial score (nSPS) is 10.1. The first-order chi connectivity index (χ1) is 9.15. The maximum Gasteiger partial charge on any atom is 0.186 e. The van der Waals surface area contributed by atoms with E-state index in [2.05, 4.69) is 15.8 Å². The van der Waals surface area contributed by atoms with E-state index in [1.165, 1.54) is 0 Å². The Morgan fingerprint density at radius 2 is 1.68 bits per heavy atom. The van der Waals surface area contributed by atoms with E-state index < -0.39 is 0 Å². The Morgan fingerprint density at radius 3 is 2.21 bits per heavy atom. The van der Waals surface area contributed by atoms with E-state index in [0.29, 0.717) is 22.4 Å². The molecule has 2 N–H and O–H groups in total. The number of methoxy groups -OCH3 is 3. The number of hydrogen-bond donors (Lipinski definition) is 2. The lowest BCUT2D eigenvalue weighted by molar-refractivity contribution is 0.349. The third-order valence-corrected chi connectivity index (χ3v) is 2.63. The van der Waals surface area contributed by atoms with Gasteiger partial charge in [-0.15, -0.1) is 0 Å². The number of hydrazone groups is 1. The van der Waals surface area contributed by atoms with Crippen LogP contribution in [0.15, 0.2) is 17.2 Å². The maximum atomic E-state index is 5.27. The van der Waals surface area contributed by atoms with Gasteiger partial charge in [-0.25, -0.2) is 0 Å². The van der Waals surface area contributed by atoms with Crippen LogP contribution in [0.1, 0.15) is 5.56 Å². The third kappa shape index (κ3) is 3.99. The van der Waals surface area contributed by atoms with Crippen molar-refractivity contribution in [2.45, 2.75) is 0 Å². The van der Waals surface area contributed by atoms with E-state index in [4.69, 9.17) is 26.4 Å². The average molecular weight is 283 g/mol. The average Bonchev–Trinajstić information content (AvgIpc) is 2.46. The van der Waals surface area contributed by atoms with Gasteiger partial charge in [0.05, 0.1) is 27.5 Å². The number of rotatable bonds is 5. The fraction of sp³-hybridized carbons (Fsp3) is 0.333. The van der Waals surface area contributed by atoms with E-state index in [0.717, 1.165) is 5.56 Å². The molecule has 0 unspecified atom stereocenters. The van der Waals surface area contributed by atoms with Crippen molar-refractivity contribution in [3.8, 4) is 17.2 Å². The van der Waals surface area contributed by atoms with E-state index in [1.54, 1.807) is 46.7 Å². The van der Waals surface area contributed by atoms with E-state index in [1.807, 2.05) is 0 Å². The minimum Gasteiger partial charge on any atom is -0.496 e. The van der Waals surface area contributed by atoms with Crippen molar-refractivity contribution in [2.24, 2.45) is 5.10 Å². The van der Waals surface area contributed by atoms with Crippen LogP contribution < -0.4 is 25.0 Å². The van der Waals surface area contributed by atoms with Crippen molar-refractivity contribution >= 4 is 23.5 Å². The molecule has 0 fully saturated rings. The number of thiocarbonyl (C=S) groups is 1. The zero-order valence-electron chi connectivity index (χ0n) is 11.3. The van der Waals surface area contributed by atoms with Crippen LogP contribution in [-0.4, -0.2) is 39.7 Å². The van der Waals surface area contributed by atoms with Crippen LogP contribution in [0.25, 0.3) is 0 Å². The van der Waals surface area contributed by atoms with Crippen molar-refractivity contribution < 1.29 is 14.2 Å². The highest BCUT2D eigenvalue weighted by Gasteiger charge is 2.10. The topological polar surface area (TPSA) is 64.1 Å². The smallest absolute Gasteiger partial charge is 0.186 e. The Kier molecular flexibility index (Phi) is 5.87. The summed E-state index contributed by atoms with van der Waals surface area (Å²) in [4.78, 5) is 0. The molecule has 0 aliphatic rings. The first kappa shape index (κ1) is 15.0. The molecule has 1 rings (SSSR count). The second kappa shape index (κ2) is 7.42. The lowest BCUT2D eigenvalue weighted by Crippen LogP contribution is -2.28. The van der Waals surface area contributed by atoms with Crippen LogP contribution in [0.3, 0.4) is 0 Å². The number of hydrogen-bond acceptors (Lipinski definition) is 5. The van der Waals surface area contributed by atoms with Gasteiger partial charge in [0.15, 0.2) is 16.6 Å². The second-order valence-electron chi connectivity index (χ2n) is 3.40. The highest BCUT2D eigenvalue weighted by atomic mass is 32.1. The summed E-state index contributed by atoms with van der Waals surface area (Å²) in [5, 5.41) is 7.17. The van der Waals surface area contributed by atoms with Gasteiger partial charge >= 0.3 is 0 Å². The molecule has 1 aromatic carbocycles. The van der Waals surface area contributed by atoms with Gasteiger partial charge in [0.1, 0.15) is 5.75 Å². The van der Waals surface area contributed by atoms with Gasteiger partial charge < -0.3 is 19.5 Å². The Bertz CT molecular complexity index is 478. The van der Waals surface area contributed by atoms with Crippen LogP contribution in [0.4, 0.5) is 0 Å². The highest BCUT2D eigenvalue weighted by molar-refractivity contribution is 7.80. The molecule has 0 aliphatic carbocycles. The third-order valence-electron chi connectivity index (χ3n) is 2.33. The fourth-order valence-corrected chi connectivity index (χ4v) is 1.42. The van der Waals surface area contributed by atoms with Crippen LogP contribution in [0.2, 0.25) is 0 Å². The Hall–Kier alpha value is -2.02. The van der Waals surface area contributed by atoms with Crippen molar-refractivity contribution in [1.29, 1.82) is 0 Å². The summed E-state index contributed by atoms with van der Waals surface area (Å²) in [6, 6.07) is 3.50. The minimum absolute atomic E-state index is 0.427. The molecule has 7 heteroatoms. The van der Waals surface area contributed by atoms with Gasteiger partial charge in [-0.3, -0.25) is 5.43 Å². The van der Waals surface area contributed by atoms with Crippen LogP contribution in [0, 0.1) is 0 Å². The summed E-state index contributed by atoms with van der Waals surface area (Å²) in [6.07, 6.45) is 1.59. The predicted octanol–water partition coefficient (Wildman–Crippen LogP) is 1.14. The highest BCUT2D eigenvalue weighted by Crippen LogP contribution is 2.33. The lowest BCUT2D eigenvalue weighted by atomic mass is 10.2. The van der Waals surface area contributed by atoms with Gasteiger partial charge in [-0.1, -0.05) is 0 Å². The molecule has 6 nitrogen and oxygen atoms in total. The van der Waals surface area contributed by atoms with E-state index >= 15 is 0 Å². The number of benzene rings is 1. The Labute approximate surface area is 117 Å². The molecule has 0 bridgehead atoms. The molecule has 0 saturated heterocycles. The van der Waals surface area contributed by atoms with Gasteiger partial charge in [-0.05, 0) is 18.3 Å². The molecule has 0 aliphatic heterocycles. The fourth-order valence-electron chi connectivity index (χ4n) is 1.37. The van der Waals surface area contributed by atoms with Crippen molar-refractivity contribution in [2.75, 3.05) is 28.4 Å². The first-order valence-corrected chi connectivity index (χ1v) is 5.87. The Morgan fingerprint density at radius 1 is 1.11 bits per heavy atom. The monoisotopic (exact) mass is 283 g/mol. The zero-order valence-corrected chi connectivity index (χ0v) is 12.1. The minimum atomic E-state index is 0.427. The molecule has 0 radical (unpaired) electrons. The molecular formula is C12H17N3O3S. The van der Waals surface area contributed by atoms with Gasteiger partial charge in [0.25, 0.3) is 0 Å². The summed E-state index contributed by atoms with van der Waals surface area (Å²) < 4.78 is 15.7. The molecule has 1 aromatic rings. The van der Waals surface area contributed by atoms with E-state index in [9.17, 15) is 0 Å². The molecule has 0 atom stereocenters. The van der Waals surface area contributed by atoms with Crippen LogP contribution in [-0.2, 0) is 0 Å².